The van der Waals surface area contributed by atoms with E-state index in [0.717, 1.165) is 78.1 Å². The molecule has 4 heterocycles. The first-order valence-corrected chi connectivity index (χ1v) is 23.9. The molecule has 0 bridgehead atoms. The molecule has 0 aliphatic heterocycles. The molecule has 0 N–H and O–H groups in total. The van der Waals surface area contributed by atoms with Crippen molar-refractivity contribution >= 4 is 54.9 Å². The second kappa shape index (κ2) is 17.8. The summed E-state index contributed by atoms with van der Waals surface area (Å²) in [6, 6.07) is 74.1. The number of allylic oxidation sites excluding steroid dienone is 2. The number of aromatic nitrogens is 5. The molecule has 0 saturated heterocycles. The molecule has 12 rings (SSSR count). The van der Waals surface area contributed by atoms with Crippen LogP contribution < -0.4 is 0 Å². The Kier molecular flexibility index (Phi) is 10.7. The lowest BCUT2D eigenvalue weighted by atomic mass is 9.90. The van der Waals surface area contributed by atoms with Gasteiger partial charge in [-0.3, -0.25) is 4.98 Å². The molecule has 5 nitrogen and oxygen atoms in total. The fourth-order valence-electron chi connectivity index (χ4n) is 9.60. The summed E-state index contributed by atoms with van der Waals surface area (Å²) in [7, 11) is 0. The molecular weight excluding hydrogens is 859 g/mol. The van der Waals surface area contributed by atoms with Crippen molar-refractivity contribution < 1.29 is 0 Å². The highest BCUT2D eigenvalue weighted by molar-refractivity contribution is 7.19. The molecule has 0 atom stereocenters. The lowest BCUT2D eigenvalue weighted by Crippen LogP contribution is -2.03. The Balaban J connectivity index is 1.10. The molecule has 0 unspecified atom stereocenters. The quantitative estimate of drug-likeness (QED) is 0.128. The number of rotatable bonds is 10. The standard InChI is InChI=1S/C63H43N5S/c1-3-42(37-52-41(2)69-57-36-35-56-58(59(52)57)51-31-19-20-32-55(51)68(56)49-29-17-8-18-30-49)60-54(63-66-61(45-25-13-6-14-26-45)65-62(67-63)46-27-15-7-16-28-46)39-48(40-64-60)47-33-34-50(43-21-9-4-10-22-43)53(38-47)44-23-11-5-12-24-44/h3-40H,1H2,2H3/b42-37+. The molecule has 6 heteroatoms. The highest BCUT2D eigenvalue weighted by Crippen LogP contribution is 2.44. The largest absolute Gasteiger partial charge is 0.309 e. The van der Waals surface area contributed by atoms with Crippen molar-refractivity contribution in [2.24, 2.45) is 0 Å². The van der Waals surface area contributed by atoms with E-state index < -0.39 is 0 Å². The number of aryl methyl sites for hydroxylation is 1. The van der Waals surface area contributed by atoms with Crippen LogP contribution in [0.1, 0.15) is 16.1 Å². The maximum atomic E-state index is 5.40. The minimum absolute atomic E-state index is 0.518. The number of benzene rings is 8. The van der Waals surface area contributed by atoms with Gasteiger partial charge in [-0.2, -0.15) is 0 Å². The Morgan fingerprint density at radius 1 is 0.478 bits per heavy atom. The molecule has 0 amide bonds. The molecule has 0 aliphatic carbocycles. The summed E-state index contributed by atoms with van der Waals surface area (Å²) in [5.74, 6) is 1.68. The molecule has 0 aliphatic rings. The Labute approximate surface area is 404 Å². The summed E-state index contributed by atoms with van der Waals surface area (Å²) in [4.78, 5) is 22.2. The van der Waals surface area contributed by atoms with E-state index in [-0.39, 0.29) is 0 Å². The summed E-state index contributed by atoms with van der Waals surface area (Å²) in [6.45, 7) is 6.66. The maximum absolute atomic E-state index is 5.40. The van der Waals surface area contributed by atoms with Crippen molar-refractivity contribution in [3.8, 4) is 73.2 Å². The predicted molar refractivity (Wildman–Crippen MR) is 289 cm³/mol. The average Bonchev–Trinajstić information content (AvgIpc) is 3.94. The van der Waals surface area contributed by atoms with Crippen molar-refractivity contribution in [3.63, 3.8) is 0 Å². The first-order valence-electron chi connectivity index (χ1n) is 23.1. The van der Waals surface area contributed by atoms with Crippen molar-refractivity contribution in [2.75, 3.05) is 0 Å². The van der Waals surface area contributed by atoms with Gasteiger partial charge in [-0.15, -0.1) is 11.3 Å². The zero-order valence-corrected chi connectivity index (χ0v) is 38.6. The summed E-state index contributed by atoms with van der Waals surface area (Å²) in [5.41, 5.74) is 15.3. The number of hydrogen-bond acceptors (Lipinski definition) is 5. The Hall–Kier alpha value is -8.84. The Morgan fingerprint density at radius 2 is 1.03 bits per heavy atom. The van der Waals surface area contributed by atoms with E-state index in [9.17, 15) is 0 Å². The molecule has 8 aromatic carbocycles. The average molecular weight is 902 g/mol. The summed E-state index contributed by atoms with van der Waals surface area (Å²) in [6.07, 6.45) is 6.16. The van der Waals surface area contributed by atoms with Crippen LogP contribution in [0.2, 0.25) is 0 Å². The molecule has 4 aromatic heterocycles. The lowest BCUT2D eigenvalue weighted by molar-refractivity contribution is 1.07. The zero-order chi connectivity index (χ0) is 46.3. The SMILES string of the molecule is C=C/C(=C\c1c(C)sc2ccc3c(c4ccccc4n3-c3ccccc3)c12)c1ncc(-c2ccc(-c3ccccc3)c(-c3ccccc3)c2)cc1-c1nc(-c2ccccc2)nc(-c2ccccc2)n1. The molecule has 326 valence electrons. The second-order valence-electron chi connectivity index (χ2n) is 17.0. The molecule has 69 heavy (non-hydrogen) atoms. The molecular formula is C63H43N5S. The van der Waals surface area contributed by atoms with Gasteiger partial charge in [0.25, 0.3) is 0 Å². The van der Waals surface area contributed by atoms with Crippen LogP contribution in [0, 0.1) is 6.92 Å². The van der Waals surface area contributed by atoms with E-state index in [0.29, 0.717) is 17.5 Å². The maximum Gasteiger partial charge on any atom is 0.166 e. The number of hydrogen-bond donors (Lipinski definition) is 0. The van der Waals surface area contributed by atoms with Gasteiger partial charge in [-0.25, -0.2) is 15.0 Å². The van der Waals surface area contributed by atoms with Gasteiger partial charge in [0.05, 0.1) is 16.7 Å². The number of fused-ring (bicyclic) bond motifs is 5. The normalized spacial score (nSPS) is 11.7. The topological polar surface area (TPSA) is 56.5 Å². The molecule has 0 radical (unpaired) electrons. The lowest BCUT2D eigenvalue weighted by Gasteiger charge is -2.16. The van der Waals surface area contributed by atoms with E-state index in [2.05, 4.69) is 176 Å². The van der Waals surface area contributed by atoms with Crippen molar-refractivity contribution in [1.29, 1.82) is 0 Å². The van der Waals surface area contributed by atoms with E-state index in [1.165, 1.54) is 31.3 Å². The predicted octanol–water partition coefficient (Wildman–Crippen LogP) is 16.6. The minimum Gasteiger partial charge on any atom is -0.309 e. The molecule has 0 fully saturated rings. The monoisotopic (exact) mass is 901 g/mol. The fraction of sp³-hybridized carbons (Fsp3) is 0.0159. The summed E-state index contributed by atoms with van der Waals surface area (Å²) in [5, 5.41) is 3.64. The van der Waals surface area contributed by atoms with Crippen LogP contribution in [0.15, 0.2) is 231 Å². The van der Waals surface area contributed by atoms with Gasteiger partial charge in [-0.1, -0.05) is 183 Å². The Bertz CT molecular complexity index is 3840. The van der Waals surface area contributed by atoms with Gasteiger partial charge in [0, 0.05) is 65.4 Å². The van der Waals surface area contributed by atoms with Crippen LogP contribution in [0.3, 0.4) is 0 Å². The van der Waals surface area contributed by atoms with Gasteiger partial charge in [0.15, 0.2) is 17.5 Å². The van der Waals surface area contributed by atoms with Crippen LogP contribution in [0.5, 0.6) is 0 Å². The fourth-order valence-corrected chi connectivity index (χ4v) is 10.7. The van der Waals surface area contributed by atoms with Gasteiger partial charge < -0.3 is 4.57 Å². The van der Waals surface area contributed by atoms with Gasteiger partial charge in [0.1, 0.15) is 0 Å². The third kappa shape index (κ3) is 7.63. The highest BCUT2D eigenvalue weighted by Gasteiger charge is 2.22. The van der Waals surface area contributed by atoms with Crippen LogP contribution in [0.25, 0.3) is 117 Å². The third-order valence-corrected chi connectivity index (χ3v) is 14.0. The van der Waals surface area contributed by atoms with Crippen molar-refractivity contribution in [1.82, 2.24) is 24.5 Å². The second-order valence-corrected chi connectivity index (χ2v) is 18.3. The van der Waals surface area contributed by atoms with E-state index in [1.54, 1.807) is 0 Å². The number of para-hydroxylation sites is 2. The highest BCUT2D eigenvalue weighted by atomic mass is 32.1. The van der Waals surface area contributed by atoms with Gasteiger partial charge in [-0.05, 0) is 88.8 Å². The molecule has 0 spiro atoms. The zero-order valence-electron chi connectivity index (χ0n) is 37.8. The number of thiophene rings is 1. The van der Waals surface area contributed by atoms with E-state index in [1.807, 2.05) is 84.3 Å². The van der Waals surface area contributed by atoms with E-state index in [4.69, 9.17) is 19.9 Å². The summed E-state index contributed by atoms with van der Waals surface area (Å²) >= 11 is 1.81. The minimum atomic E-state index is 0.518. The van der Waals surface area contributed by atoms with Crippen molar-refractivity contribution in [2.45, 2.75) is 6.92 Å². The van der Waals surface area contributed by atoms with Crippen LogP contribution in [0.4, 0.5) is 0 Å². The first-order chi connectivity index (χ1) is 34.1. The number of nitrogens with zero attached hydrogens (tertiary/aromatic N) is 5. The molecule has 0 saturated carbocycles. The van der Waals surface area contributed by atoms with Crippen LogP contribution >= 0.6 is 11.3 Å². The van der Waals surface area contributed by atoms with Gasteiger partial charge in [0.2, 0.25) is 0 Å². The third-order valence-electron chi connectivity index (χ3n) is 12.9. The molecule has 12 aromatic rings. The van der Waals surface area contributed by atoms with Gasteiger partial charge >= 0.3 is 0 Å². The smallest absolute Gasteiger partial charge is 0.166 e. The Morgan fingerprint density at radius 3 is 1.67 bits per heavy atom. The summed E-state index contributed by atoms with van der Waals surface area (Å²) < 4.78 is 3.60. The van der Waals surface area contributed by atoms with Crippen LogP contribution in [-0.2, 0) is 0 Å². The number of pyridine rings is 1. The van der Waals surface area contributed by atoms with Crippen LogP contribution in [-0.4, -0.2) is 24.5 Å². The first kappa shape index (κ1) is 41.6. The van der Waals surface area contributed by atoms with E-state index >= 15 is 0 Å². The van der Waals surface area contributed by atoms with Crippen molar-refractivity contribution in [3.05, 3.63) is 247 Å².